The summed E-state index contributed by atoms with van der Waals surface area (Å²) in [5, 5.41) is 30.8. The summed E-state index contributed by atoms with van der Waals surface area (Å²) in [6.07, 6.45) is 8.76. The summed E-state index contributed by atoms with van der Waals surface area (Å²) in [6.45, 7) is 22.4. The topological polar surface area (TPSA) is 133 Å². The molecule has 5 aliphatic carbocycles. The number of ketones is 1. The number of carboxylic acids is 1. The van der Waals surface area contributed by atoms with Crippen LogP contribution >= 0.6 is 0 Å². The smallest absolute Gasteiger partial charge is 0.309 e. The van der Waals surface area contributed by atoms with E-state index in [2.05, 4.69) is 82.6 Å². The number of allylic oxidation sites excluding steroid dienone is 1. The number of esters is 1. The van der Waals surface area contributed by atoms with Gasteiger partial charge in [-0.1, -0.05) is 54.0 Å². The minimum Gasteiger partial charge on any atom is -0.481 e. The number of rotatable bonds is 13. The van der Waals surface area contributed by atoms with Crippen molar-refractivity contribution in [2.24, 2.45) is 56.2 Å². The van der Waals surface area contributed by atoms with Crippen molar-refractivity contribution in [3.05, 3.63) is 35.2 Å². The molecule has 312 valence electrons. The van der Waals surface area contributed by atoms with E-state index in [0.29, 0.717) is 31.3 Å². The number of carbonyl (C=O) groups excluding carboxylic acids is 2. The summed E-state index contributed by atoms with van der Waals surface area (Å²) >= 11 is 0. The molecule has 6 rings (SSSR count). The molecule has 4 saturated carbocycles. The molecule has 0 aromatic carbocycles. The molecule has 0 spiro atoms. The van der Waals surface area contributed by atoms with E-state index < -0.39 is 28.9 Å². The number of aliphatic hydroxyl groups excluding tert-OH is 1. The molecule has 0 saturated heterocycles. The lowest BCUT2D eigenvalue weighted by Gasteiger charge is -2.72. The van der Waals surface area contributed by atoms with Crippen LogP contribution in [-0.4, -0.2) is 93.9 Å². The summed E-state index contributed by atoms with van der Waals surface area (Å²) in [4.78, 5) is 43.7. The van der Waals surface area contributed by atoms with Crippen molar-refractivity contribution >= 4 is 17.7 Å². The monoisotopic (exact) mass is 777 g/mol. The summed E-state index contributed by atoms with van der Waals surface area (Å²) in [7, 11) is 4.14. The van der Waals surface area contributed by atoms with Crippen LogP contribution in [0.15, 0.2) is 29.5 Å². The maximum absolute atomic E-state index is 14.3. The van der Waals surface area contributed by atoms with Gasteiger partial charge in [-0.15, -0.1) is 0 Å². The molecule has 5 aliphatic rings. The molecule has 10 heteroatoms. The number of carbonyl (C=O) groups is 3. The van der Waals surface area contributed by atoms with Gasteiger partial charge in [-0.05, 0) is 137 Å². The fourth-order valence-corrected chi connectivity index (χ4v) is 13.6. The fourth-order valence-electron chi connectivity index (χ4n) is 13.6. The second-order valence-corrected chi connectivity index (χ2v) is 21.3. The second kappa shape index (κ2) is 15.2. The summed E-state index contributed by atoms with van der Waals surface area (Å²) < 4.78 is 6.19. The van der Waals surface area contributed by atoms with Crippen LogP contribution in [-0.2, 0) is 25.7 Å². The third kappa shape index (κ3) is 7.09. The van der Waals surface area contributed by atoms with Gasteiger partial charge in [0.2, 0.25) is 0 Å². The molecule has 2 N–H and O–H groups in total. The Balaban J connectivity index is 1.29. The van der Waals surface area contributed by atoms with Crippen LogP contribution in [0.1, 0.15) is 132 Å². The standard InChI is InChI=1S/C46H72N4O6/c1-29(2)38-32(51)25-46(35(52)28-50(24-23-49(10)11)27-30-13-12-22-47-48-30)21-20-44(8)31(39(38)46)14-15-34-43(7)18-17-36(56-37(53)26-41(3,4)40(54)55)42(5,6)33(43)16-19-45(34,44)9/h12-13,22,29,31,33-36,52H,14-21,23-28H2,1-11H3,(H,54,55)/t31-,33+,34-,35+,36-,43+,44-,45-,46+/m1/s1. The van der Waals surface area contributed by atoms with Gasteiger partial charge in [0.25, 0.3) is 0 Å². The van der Waals surface area contributed by atoms with Crippen LogP contribution in [0.5, 0.6) is 0 Å². The van der Waals surface area contributed by atoms with Gasteiger partial charge in [0, 0.05) is 49.6 Å². The van der Waals surface area contributed by atoms with E-state index in [1.807, 2.05) is 12.1 Å². The van der Waals surface area contributed by atoms with Crippen molar-refractivity contribution in [2.45, 2.75) is 145 Å². The second-order valence-electron chi connectivity index (χ2n) is 21.3. The van der Waals surface area contributed by atoms with Gasteiger partial charge in [0.15, 0.2) is 5.78 Å². The zero-order chi connectivity index (χ0) is 41.2. The van der Waals surface area contributed by atoms with Gasteiger partial charge in [-0.3, -0.25) is 19.3 Å². The zero-order valence-corrected chi connectivity index (χ0v) is 36.4. The van der Waals surface area contributed by atoms with Crippen molar-refractivity contribution < 1.29 is 29.3 Å². The molecule has 0 aliphatic heterocycles. The molecular weight excluding hydrogens is 705 g/mol. The Labute approximate surface area is 336 Å². The first-order valence-corrected chi connectivity index (χ1v) is 21.6. The zero-order valence-electron chi connectivity index (χ0n) is 36.4. The highest BCUT2D eigenvalue weighted by atomic mass is 16.5. The number of carboxylic acid groups (broad SMARTS) is 1. The molecule has 10 nitrogen and oxygen atoms in total. The third-order valence-corrected chi connectivity index (χ3v) is 16.8. The number of aromatic nitrogens is 2. The number of nitrogens with zero attached hydrogens (tertiary/aromatic N) is 4. The van der Waals surface area contributed by atoms with Crippen molar-refractivity contribution in [1.29, 1.82) is 0 Å². The number of aliphatic hydroxyl groups is 1. The SMILES string of the molecule is CC(C)C1=C2[C@H]3CC[C@@H]4[C@@]5(C)CC[C@@H](OC(=O)CC(C)(C)C(=O)O)C(C)(C)[C@@H]5CC[C@@]4(C)[C@]3(C)CC[C@@]2([C@@H](O)CN(CCN(C)C)Cc2cccnn2)CC1=O. The van der Waals surface area contributed by atoms with E-state index in [-0.39, 0.29) is 51.8 Å². The number of hydrogen-bond acceptors (Lipinski definition) is 9. The minimum atomic E-state index is -1.17. The molecule has 0 amide bonds. The van der Waals surface area contributed by atoms with E-state index in [1.54, 1.807) is 20.0 Å². The number of likely N-dealkylation sites (N-methyl/N-ethyl adjacent to an activating group) is 1. The van der Waals surface area contributed by atoms with Crippen molar-refractivity contribution in [3.8, 4) is 0 Å². The first kappa shape index (κ1) is 42.9. The maximum Gasteiger partial charge on any atom is 0.309 e. The molecule has 56 heavy (non-hydrogen) atoms. The van der Waals surface area contributed by atoms with Gasteiger partial charge < -0.3 is 19.8 Å². The first-order valence-electron chi connectivity index (χ1n) is 21.6. The maximum atomic E-state index is 14.3. The molecule has 0 radical (unpaired) electrons. The Morgan fingerprint density at radius 2 is 1.68 bits per heavy atom. The Morgan fingerprint density at radius 1 is 0.964 bits per heavy atom. The van der Waals surface area contributed by atoms with Gasteiger partial charge in [0.1, 0.15) is 6.10 Å². The molecule has 1 aromatic heterocycles. The minimum absolute atomic E-state index is 0.0344. The predicted molar refractivity (Wildman–Crippen MR) is 217 cm³/mol. The van der Waals surface area contributed by atoms with Crippen molar-refractivity contribution in [1.82, 2.24) is 20.0 Å². The number of ether oxygens (including phenoxy) is 1. The average molecular weight is 777 g/mol. The van der Waals surface area contributed by atoms with Crippen LogP contribution in [0.4, 0.5) is 0 Å². The van der Waals surface area contributed by atoms with Crippen LogP contribution in [0.25, 0.3) is 0 Å². The van der Waals surface area contributed by atoms with Crippen LogP contribution < -0.4 is 0 Å². The largest absolute Gasteiger partial charge is 0.481 e. The quantitative estimate of drug-likeness (QED) is 0.193. The van der Waals surface area contributed by atoms with Crippen LogP contribution in [0.3, 0.4) is 0 Å². The number of aliphatic carboxylic acids is 1. The Bertz CT molecular complexity index is 1690. The van der Waals surface area contributed by atoms with Crippen molar-refractivity contribution in [2.75, 3.05) is 33.7 Å². The lowest BCUT2D eigenvalue weighted by Crippen LogP contribution is -2.66. The lowest BCUT2D eigenvalue weighted by molar-refractivity contribution is -0.235. The number of hydrogen-bond donors (Lipinski definition) is 2. The molecule has 4 fully saturated rings. The lowest BCUT2D eigenvalue weighted by atomic mass is 9.33. The van der Waals surface area contributed by atoms with Gasteiger partial charge in [-0.2, -0.15) is 10.2 Å². The Hall–Kier alpha value is -2.69. The highest BCUT2D eigenvalue weighted by Gasteiger charge is 2.71. The predicted octanol–water partition coefficient (Wildman–Crippen LogP) is 7.59. The fraction of sp³-hybridized carbons (Fsp3) is 0.804. The summed E-state index contributed by atoms with van der Waals surface area (Å²) in [6, 6.07) is 3.90. The molecule has 0 unspecified atom stereocenters. The molecule has 1 heterocycles. The van der Waals surface area contributed by atoms with Crippen molar-refractivity contribution in [3.63, 3.8) is 0 Å². The number of fused-ring (bicyclic) bond motifs is 7. The highest BCUT2D eigenvalue weighted by molar-refractivity contribution is 6.00. The first-order chi connectivity index (χ1) is 26.0. The van der Waals surface area contributed by atoms with Gasteiger partial charge >= 0.3 is 11.9 Å². The highest BCUT2D eigenvalue weighted by Crippen LogP contribution is 2.77. The van der Waals surface area contributed by atoms with E-state index in [1.165, 1.54) is 5.57 Å². The molecular formula is C46H72N4O6. The Kier molecular flexibility index (Phi) is 11.6. The van der Waals surface area contributed by atoms with Gasteiger partial charge in [-0.25, -0.2) is 0 Å². The normalized spacial score (nSPS) is 35.9. The van der Waals surface area contributed by atoms with Gasteiger partial charge in [0.05, 0.1) is 23.6 Å². The third-order valence-electron chi connectivity index (χ3n) is 16.8. The van der Waals surface area contributed by atoms with E-state index in [9.17, 15) is 24.6 Å². The summed E-state index contributed by atoms with van der Waals surface area (Å²) in [5.74, 6) is -0.0208. The van der Waals surface area contributed by atoms with Crippen LogP contribution in [0, 0.1) is 56.2 Å². The average Bonchev–Trinajstić information content (AvgIpc) is 3.42. The van der Waals surface area contributed by atoms with E-state index in [0.717, 1.165) is 75.7 Å². The number of Topliss-reactive ketones (excluding diaryl/α,β-unsaturated/α-hetero) is 1. The van der Waals surface area contributed by atoms with E-state index in [4.69, 9.17) is 4.74 Å². The van der Waals surface area contributed by atoms with E-state index >= 15 is 0 Å². The Morgan fingerprint density at radius 3 is 2.30 bits per heavy atom. The molecule has 0 bridgehead atoms. The molecule has 9 atom stereocenters. The summed E-state index contributed by atoms with van der Waals surface area (Å²) in [5.41, 5.74) is 1.22. The molecule has 1 aromatic rings. The van der Waals surface area contributed by atoms with Crippen LogP contribution in [0.2, 0.25) is 0 Å².